The van der Waals surface area contributed by atoms with Gasteiger partial charge in [-0.2, -0.15) is 0 Å². The number of hydrogen-bond donors (Lipinski definition) is 2. The van der Waals surface area contributed by atoms with E-state index in [9.17, 15) is 10.1 Å². The Morgan fingerprint density at radius 2 is 2.29 bits per heavy atom. The van der Waals surface area contributed by atoms with Crippen LogP contribution in [0.25, 0.3) is 0 Å². The van der Waals surface area contributed by atoms with Gasteiger partial charge in [-0.3, -0.25) is 10.1 Å². The van der Waals surface area contributed by atoms with Crippen LogP contribution in [0.2, 0.25) is 0 Å². The molecule has 0 saturated heterocycles. The van der Waals surface area contributed by atoms with Crippen LogP contribution < -0.4 is 11.1 Å². The van der Waals surface area contributed by atoms with E-state index in [0.717, 1.165) is 0 Å². The van der Waals surface area contributed by atoms with E-state index < -0.39 is 4.92 Å². The van der Waals surface area contributed by atoms with E-state index in [4.69, 9.17) is 5.73 Å². The van der Waals surface area contributed by atoms with Gasteiger partial charge in [0.05, 0.1) is 4.92 Å². The first-order chi connectivity index (χ1) is 6.50. The molecule has 0 aromatic heterocycles. The average molecular weight is 211 g/mol. The minimum Gasteiger partial charge on any atom is -0.376 e. The SMILES string of the molecule is Cc1ccc(NC(N)=S)cc1[N+](=O)[O-]. The summed E-state index contributed by atoms with van der Waals surface area (Å²) >= 11 is 4.62. The summed E-state index contributed by atoms with van der Waals surface area (Å²) < 4.78 is 0. The van der Waals surface area contributed by atoms with E-state index in [2.05, 4.69) is 17.5 Å². The topological polar surface area (TPSA) is 81.2 Å². The summed E-state index contributed by atoms with van der Waals surface area (Å²) in [7, 11) is 0. The Kier molecular flexibility index (Phi) is 2.98. The second-order valence-corrected chi connectivity index (χ2v) is 3.19. The lowest BCUT2D eigenvalue weighted by molar-refractivity contribution is -0.385. The van der Waals surface area contributed by atoms with Crippen LogP contribution in [0, 0.1) is 17.0 Å². The molecule has 1 rings (SSSR count). The van der Waals surface area contributed by atoms with Crippen LogP contribution >= 0.6 is 12.2 Å². The molecule has 6 heteroatoms. The van der Waals surface area contributed by atoms with Crippen LogP contribution in [0.4, 0.5) is 11.4 Å². The number of benzene rings is 1. The maximum absolute atomic E-state index is 10.6. The van der Waals surface area contributed by atoms with Gasteiger partial charge >= 0.3 is 0 Å². The molecule has 1 aromatic rings. The van der Waals surface area contributed by atoms with Gasteiger partial charge in [0.15, 0.2) is 5.11 Å². The summed E-state index contributed by atoms with van der Waals surface area (Å²) in [5.41, 5.74) is 6.41. The Labute approximate surface area is 86.1 Å². The van der Waals surface area contributed by atoms with Crippen LogP contribution in [0.15, 0.2) is 18.2 Å². The molecule has 0 fully saturated rings. The van der Waals surface area contributed by atoms with Crippen molar-refractivity contribution in [2.24, 2.45) is 5.73 Å². The number of anilines is 1. The molecule has 0 atom stereocenters. The number of nitro benzene ring substituents is 1. The third kappa shape index (κ3) is 2.40. The molecule has 14 heavy (non-hydrogen) atoms. The number of nitro groups is 1. The fraction of sp³-hybridized carbons (Fsp3) is 0.125. The van der Waals surface area contributed by atoms with Crippen molar-refractivity contribution in [1.82, 2.24) is 0 Å². The van der Waals surface area contributed by atoms with Crippen molar-refractivity contribution in [1.29, 1.82) is 0 Å². The minimum absolute atomic E-state index is 0.0475. The fourth-order valence-electron chi connectivity index (χ4n) is 1.03. The summed E-state index contributed by atoms with van der Waals surface area (Å²) in [6, 6.07) is 4.72. The summed E-state index contributed by atoms with van der Waals surface area (Å²) in [6.07, 6.45) is 0. The smallest absolute Gasteiger partial charge is 0.274 e. The fourth-order valence-corrected chi connectivity index (χ4v) is 1.14. The molecular formula is C8H9N3O2S. The maximum atomic E-state index is 10.6. The van der Waals surface area contributed by atoms with Crippen molar-refractivity contribution < 1.29 is 4.92 Å². The first-order valence-corrected chi connectivity index (χ1v) is 4.23. The molecule has 5 nitrogen and oxygen atoms in total. The molecule has 0 bridgehead atoms. The van der Waals surface area contributed by atoms with Crippen molar-refractivity contribution >= 4 is 28.7 Å². The highest BCUT2D eigenvalue weighted by atomic mass is 32.1. The van der Waals surface area contributed by atoms with Crippen molar-refractivity contribution in [3.63, 3.8) is 0 Å². The van der Waals surface area contributed by atoms with Gasteiger partial charge < -0.3 is 11.1 Å². The zero-order valence-electron chi connectivity index (χ0n) is 7.48. The Bertz CT molecular complexity index is 392. The number of nitrogens with one attached hydrogen (secondary N) is 1. The van der Waals surface area contributed by atoms with Crippen LogP contribution in [0.3, 0.4) is 0 Å². The number of nitrogens with zero attached hydrogens (tertiary/aromatic N) is 1. The monoisotopic (exact) mass is 211 g/mol. The molecule has 0 aliphatic heterocycles. The molecule has 0 spiro atoms. The molecular weight excluding hydrogens is 202 g/mol. The zero-order chi connectivity index (χ0) is 10.7. The summed E-state index contributed by atoms with van der Waals surface area (Å²) in [5, 5.41) is 13.3. The molecule has 3 N–H and O–H groups in total. The summed E-state index contributed by atoms with van der Waals surface area (Å²) in [4.78, 5) is 10.1. The lowest BCUT2D eigenvalue weighted by Crippen LogP contribution is -2.18. The Morgan fingerprint density at radius 3 is 2.79 bits per heavy atom. The van der Waals surface area contributed by atoms with Crippen LogP contribution in [-0.4, -0.2) is 10.0 Å². The van der Waals surface area contributed by atoms with Gasteiger partial charge in [-0.05, 0) is 25.2 Å². The number of hydrogen-bond acceptors (Lipinski definition) is 3. The summed E-state index contributed by atoms with van der Waals surface area (Å²) in [5.74, 6) is 0. The highest BCUT2D eigenvalue weighted by molar-refractivity contribution is 7.80. The highest BCUT2D eigenvalue weighted by Crippen LogP contribution is 2.21. The van der Waals surface area contributed by atoms with Crippen LogP contribution in [0.1, 0.15) is 5.56 Å². The minimum atomic E-state index is -0.444. The summed E-state index contributed by atoms with van der Waals surface area (Å²) in [6.45, 7) is 1.67. The second kappa shape index (κ2) is 4.01. The Morgan fingerprint density at radius 1 is 1.64 bits per heavy atom. The van der Waals surface area contributed by atoms with Crippen molar-refractivity contribution in [3.05, 3.63) is 33.9 Å². The van der Waals surface area contributed by atoms with Crippen molar-refractivity contribution in [2.45, 2.75) is 6.92 Å². The predicted octanol–water partition coefficient (Wildman–Crippen LogP) is 1.56. The van der Waals surface area contributed by atoms with Crippen LogP contribution in [0.5, 0.6) is 0 Å². The van der Waals surface area contributed by atoms with Gasteiger partial charge in [0.1, 0.15) is 0 Å². The number of thiocarbonyl (C=S) groups is 1. The lowest BCUT2D eigenvalue weighted by Gasteiger charge is -2.04. The third-order valence-electron chi connectivity index (χ3n) is 1.67. The van der Waals surface area contributed by atoms with Crippen molar-refractivity contribution in [2.75, 3.05) is 5.32 Å². The van der Waals surface area contributed by atoms with Crippen molar-refractivity contribution in [3.8, 4) is 0 Å². The van der Waals surface area contributed by atoms with Gasteiger partial charge in [0, 0.05) is 17.3 Å². The molecule has 0 aliphatic rings. The first-order valence-electron chi connectivity index (χ1n) is 3.82. The standard InChI is InChI=1S/C8H9N3O2S/c1-5-2-3-6(10-8(9)14)4-7(5)11(12)13/h2-4H,1H3,(H3,9,10,14). The van der Waals surface area contributed by atoms with Gasteiger partial charge in [-0.25, -0.2) is 0 Å². The molecule has 0 saturated carbocycles. The molecule has 0 radical (unpaired) electrons. The number of nitrogens with two attached hydrogens (primary N) is 1. The normalized spacial score (nSPS) is 9.50. The van der Waals surface area contributed by atoms with E-state index in [-0.39, 0.29) is 10.8 Å². The quantitative estimate of drug-likeness (QED) is 0.440. The Balaban J connectivity index is 3.06. The Hall–Kier alpha value is -1.69. The predicted molar refractivity (Wildman–Crippen MR) is 58.2 cm³/mol. The van der Waals surface area contributed by atoms with E-state index in [1.54, 1.807) is 19.1 Å². The van der Waals surface area contributed by atoms with E-state index in [1.807, 2.05) is 0 Å². The van der Waals surface area contributed by atoms with Gasteiger partial charge in [-0.1, -0.05) is 6.07 Å². The number of rotatable bonds is 2. The van der Waals surface area contributed by atoms with E-state index in [0.29, 0.717) is 11.3 Å². The molecule has 74 valence electrons. The van der Waals surface area contributed by atoms with E-state index >= 15 is 0 Å². The van der Waals surface area contributed by atoms with Crippen LogP contribution in [-0.2, 0) is 0 Å². The first kappa shape index (κ1) is 10.4. The third-order valence-corrected chi connectivity index (χ3v) is 1.78. The number of aryl methyl sites for hydroxylation is 1. The van der Waals surface area contributed by atoms with Gasteiger partial charge in [-0.15, -0.1) is 0 Å². The van der Waals surface area contributed by atoms with Gasteiger partial charge in [0.2, 0.25) is 0 Å². The molecule has 0 amide bonds. The average Bonchev–Trinajstić information content (AvgIpc) is 2.07. The maximum Gasteiger partial charge on any atom is 0.274 e. The van der Waals surface area contributed by atoms with E-state index in [1.165, 1.54) is 6.07 Å². The molecule has 0 unspecified atom stereocenters. The lowest BCUT2D eigenvalue weighted by atomic mass is 10.2. The highest BCUT2D eigenvalue weighted by Gasteiger charge is 2.10. The molecule has 1 aromatic carbocycles. The largest absolute Gasteiger partial charge is 0.376 e. The zero-order valence-corrected chi connectivity index (χ0v) is 8.30. The van der Waals surface area contributed by atoms with Gasteiger partial charge in [0.25, 0.3) is 5.69 Å². The second-order valence-electron chi connectivity index (χ2n) is 2.75. The molecule has 0 aliphatic carbocycles. The molecule has 0 heterocycles.